The summed E-state index contributed by atoms with van der Waals surface area (Å²) in [7, 11) is 0. The zero-order valence-corrected chi connectivity index (χ0v) is 11.2. The number of carbonyl (C=O) groups is 1. The summed E-state index contributed by atoms with van der Waals surface area (Å²) < 4.78 is 5.30. The van der Waals surface area contributed by atoms with E-state index in [1.807, 2.05) is 20.8 Å². The molecule has 0 saturated carbocycles. The van der Waals surface area contributed by atoms with Crippen LogP contribution in [0.4, 0.5) is 4.79 Å². The van der Waals surface area contributed by atoms with Crippen LogP contribution in [-0.2, 0) is 4.74 Å². The summed E-state index contributed by atoms with van der Waals surface area (Å²) in [5.74, 6) is 0.558. The molecular weight excluding hydrogens is 228 g/mol. The highest BCUT2D eigenvalue weighted by Gasteiger charge is 2.29. The van der Waals surface area contributed by atoms with Gasteiger partial charge in [-0.05, 0) is 46.1 Å². The van der Waals surface area contributed by atoms with Gasteiger partial charge in [-0.1, -0.05) is 0 Å². The fourth-order valence-electron chi connectivity index (χ4n) is 1.80. The summed E-state index contributed by atoms with van der Waals surface area (Å²) in [5, 5.41) is 0. The number of ether oxygens (including phenoxy) is 1. The lowest BCUT2D eigenvalue weighted by atomic mass is 10.1. The topological polar surface area (TPSA) is 55.6 Å². The minimum Gasteiger partial charge on any atom is -0.444 e. The third-order valence-corrected chi connectivity index (χ3v) is 2.51. The molecule has 16 heavy (non-hydrogen) atoms. The van der Waals surface area contributed by atoms with E-state index < -0.39 is 5.60 Å². The van der Waals surface area contributed by atoms with Gasteiger partial charge in [-0.15, -0.1) is 12.4 Å². The van der Waals surface area contributed by atoms with E-state index in [4.69, 9.17) is 10.5 Å². The molecule has 96 valence electrons. The Morgan fingerprint density at radius 1 is 1.50 bits per heavy atom. The molecule has 1 unspecified atom stereocenters. The van der Waals surface area contributed by atoms with E-state index in [9.17, 15) is 4.79 Å². The van der Waals surface area contributed by atoms with E-state index in [0.717, 1.165) is 25.9 Å². The molecule has 0 bridgehead atoms. The first-order valence-corrected chi connectivity index (χ1v) is 5.60. The zero-order valence-electron chi connectivity index (χ0n) is 10.4. The van der Waals surface area contributed by atoms with Crippen molar-refractivity contribution in [2.75, 3.05) is 19.6 Å². The van der Waals surface area contributed by atoms with Gasteiger partial charge in [0.1, 0.15) is 5.60 Å². The molecule has 0 aromatic heterocycles. The van der Waals surface area contributed by atoms with E-state index in [2.05, 4.69) is 0 Å². The maximum absolute atomic E-state index is 11.7. The maximum atomic E-state index is 11.7. The highest BCUT2D eigenvalue weighted by atomic mass is 35.5. The number of halogens is 1. The molecule has 1 aliphatic heterocycles. The standard InChI is InChI=1S/C11H22N2O2.ClH/c1-11(2,3)15-10(14)13-7-5-9(8-13)4-6-12;/h9H,4-8,12H2,1-3H3;1H. The van der Waals surface area contributed by atoms with Crippen LogP contribution < -0.4 is 5.73 Å². The summed E-state index contributed by atoms with van der Waals surface area (Å²) in [6.45, 7) is 7.97. The molecule has 1 aliphatic rings. The first kappa shape index (κ1) is 15.5. The largest absolute Gasteiger partial charge is 0.444 e. The van der Waals surface area contributed by atoms with Gasteiger partial charge in [0.15, 0.2) is 0 Å². The molecule has 2 N–H and O–H groups in total. The second-order valence-corrected chi connectivity index (χ2v) is 5.16. The van der Waals surface area contributed by atoms with E-state index in [1.165, 1.54) is 0 Å². The molecule has 0 spiro atoms. The van der Waals surface area contributed by atoms with Crippen molar-refractivity contribution in [1.29, 1.82) is 0 Å². The zero-order chi connectivity index (χ0) is 11.5. The Morgan fingerprint density at radius 3 is 2.62 bits per heavy atom. The number of hydrogen-bond donors (Lipinski definition) is 1. The molecule has 1 heterocycles. The van der Waals surface area contributed by atoms with Gasteiger partial charge in [-0.3, -0.25) is 0 Å². The van der Waals surface area contributed by atoms with Crippen molar-refractivity contribution < 1.29 is 9.53 Å². The van der Waals surface area contributed by atoms with E-state index >= 15 is 0 Å². The first-order valence-electron chi connectivity index (χ1n) is 5.60. The smallest absolute Gasteiger partial charge is 0.410 e. The van der Waals surface area contributed by atoms with Crippen LogP contribution >= 0.6 is 12.4 Å². The average Bonchev–Trinajstić information content (AvgIpc) is 2.50. The number of nitrogens with zero attached hydrogens (tertiary/aromatic N) is 1. The van der Waals surface area contributed by atoms with Gasteiger partial charge in [0.25, 0.3) is 0 Å². The summed E-state index contributed by atoms with van der Waals surface area (Å²) in [6.07, 6.45) is 1.86. The van der Waals surface area contributed by atoms with Gasteiger partial charge in [0.05, 0.1) is 0 Å². The number of nitrogens with two attached hydrogens (primary N) is 1. The van der Waals surface area contributed by atoms with Gasteiger partial charge < -0.3 is 15.4 Å². The Kier molecular flexibility index (Phi) is 6.11. The third kappa shape index (κ3) is 5.03. The summed E-state index contributed by atoms with van der Waals surface area (Å²) >= 11 is 0. The summed E-state index contributed by atoms with van der Waals surface area (Å²) in [6, 6.07) is 0. The van der Waals surface area contributed by atoms with Crippen LogP contribution in [0.5, 0.6) is 0 Å². The molecule has 0 aromatic carbocycles. The third-order valence-electron chi connectivity index (χ3n) is 2.51. The summed E-state index contributed by atoms with van der Waals surface area (Å²) in [4.78, 5) is 13.5. The fourth-order valence-corrected chi connectivity index (χ4v) is 1.80. The van der Waals surface area contributed by atoms with Crippen molar-refractivity contribution in [3.63, 3.8) is 0 Å². The van der Waals surface area contributed by atoms with Gasteiger partial charge in [0, 0.05) is 13.1 Å². The Hall–Kier alpha value is -0.480. The highest BCUT2D eigenvalue weighted by molar-refractivity contribution is 5.85. The van der Waals surface area contributed by atoms with Crippen LogP contribution in [0.3, 0.4) is 0 Å². The molecule has 1 saturated heterocycles. The number of likely N-dealkylation sites (tertiary alicyclic amines) is 1. The van der Waals surface area contributed by atoms with Gasteiger partial charge >= 0.3 is 6.09 Å². The van der Waals surface area contributed by atoms with Crippen molar-refractivity contribution in [2.24, 2.45) is 11.7 Å². The molecule has 5 heteroatoms. The number of hydrogen-bond acceptors (Lipinski definition) is 3. The minimum atomic E-state index is -0.400. The van der Waals surface area contributed by atoms with Gasteiger partial charge in [0.2, 0.25) is 0 Å². The number of amides is 1. The van der Waals surface area contributed by atoms with Crippen LogP contribution in [0.15, 0.2) is 0 Å². The first-order chi connectivity index (χ1) is 6.92. The van der Waals surface area contributed by atoms with Gasteiger partial charge in [-0.2, -0.15) is 0 Å². The average molecular weight is 251 g/mol. The van der Waals surface area contributed by atoms with Crippen molar-refractivity contribution in [3.05, 3.63) is 0 Å². The molecule has 0 radical (unpaired) electrons. The number of rotatable bonds is 2. The van der Waals surface area contributed by atoms with E-state index in [1.54, 1.807) is 4.90 Å². The molecule has 1 atom stereocenters. The minimum absolute atomic E-state index is 0. The molecule has 1 fully saturated rings. The Morgan fingerprint density at radius 2 is 2.12 bits per heavy atom. The lowest BCUT2D eigenvalue weighted by molar-refractivity contribution is 0.0288. The van der Waals surface area contributed by atoms with Crippen molar-refractivity contribution in [2.45, 2.75) is 39.2 Å². The predicted molar refractivity (Wildman–Crippen MR) is 66.8 cm³/mol. The SMILES string of the molecule is CC(C)(C)OC(=O)N1CCC(CCN)C1.Cl. The van der Waals surface area contributed by atoms with Crippen molar-refractivity contribution in [1.82, 2.24) is 4.90 Å². The Bertz CT molecular complexity index is 229. The second kappa shape index (κ2) is 6.30. The molecule has 0 aliphatic carbocycles. The van der Waals surface area contributed by atoms with Crippen LogP contribution in [0.1, 0.15) is 33.6 Å². The lowest BCUT2D eigenvalue weighted by Gasteiger charge is -2.24. The normalized spacial score (nSPS) is 20.5. The van der Waals surface area contributed by atoms with Crippen LogP contribution in [-0.4, -0.2) is 36.2 Å². The quantitative estimate of drug-likeness (QED) is 0.816. The van der Waals surface area contributed by atoms with Crippen molar-refractivity contribution >= 4 is 18.5 Å². The maximum Gasteiger partial charge on any atom is 0.410 e. The Balaban J connectivity index is 0.00000225. The predicted octanol–water partition coefficient (Wildman–Crippen LogP) is 2.01. The second-order valence-electron chi connectivity index (χ2n) is 5.16. The van der Waals surface area contributed by atoms with Crippen LogP contribution in [0.25, 0.3) is 0 Å². The monoisotopic (exact) mass is 250 g/mol. The molecule has 4 nitrogen and oxygen atoms in total. The van der Waals surface area contributed by atoms with Crippen LogP contribution in [0, 0.1) is 5.92 Å². The molecular formula is C11H23ClN2O2. The van der Waals surface area contributed by atoms with Gasteiger partial charge in [-0.25, -0.2) is 4.79 Å². The van der Waals surface area contributed by atoms with E-state index in [0.29, 0.717) is 12.5 Å². The van der Waals surface area contributed by atoms with Crippen molar-refractivity contribution in [3.8, 4) is 0 Å². The summed E-state index contributed by atoms with van der Waals surface area (Å²) in [5.41, 5.74) is 5.10. The number of carbonyl (C=O) groups excluding carboxylic acids is 1. The molecule has 1 amide bonds. The molecule has 1 rings (SSSR count). The lowest BCUT2D eigenvalue weighted by Crippen LogP contribution is -2.35. The fraction of sp³-hybridized carbons (Fsp3) is 0.909. The Labute approximate surface area is 104 Å². The van der Waals surface area contributed by atoms with Crippen LogP contribution in [0.2, 0.25) is 0 Å². The van der Waals surface area contributed by atoms with E-state index in [-0.39, 0.29) is 18.5 Å². The highest BCUT2D eigenvalue weighted by Crippen LogP contribution is 2.21. The molecule has 0 aromatic rings.